The largest absolute Gasteiger partial charge is 0.497 e. The van der Waals surface area contributed by atoms with Crippen molar-refractivity contribution in [1.29, 1.82) is 0 Å². The van der Waals surface area contributed by atoms with Gasteiger partial charge in [0, 0.05) is 48.3 Å². The molecule has 5 aliphatic rings. The van der Waals surface area contributed by atoms with Crippen molar-refractivity contribution in [2.45, 2.75) is 95.0 Å². The van der Waals surface area contributed by atoms with Gasteiger partial charge in [-0.2, -0.15) is 0 Å². The van der Waals surface area contributed by atoms with Crippen LogP contribution >= 0.6 is 11.3 Å². The van der Waals surface area contributed by atoms with Gasteiger partial charge >= 0.3 is 6.09 Å². The Morgan fingerprint density at radius 2 is 1.79 bits per heavy atom. The molecule has 1 aromatic heterocycles. The Labute approximate surface area is 337 Å². The van der Waals surface area contributed by atoms with Gasteiger partial charge in [-0.15, -0.1) is 11.3 Å². The van der Waals surface area contributed by atoms with Crippen molar-refractivity contribution in [2.75, 3.05) is 33.4 Å². The second kappa shape index (κ2) is 16.0. The molecular formula is C40H52N6O9S2. The lowest BCUT2D eigenvalue weighted by molar-refractivity contribution is -0.142. The van der Waals surface area contributed by atoms with Crippen LogP contribution in [-0.4, -0.2) is 109 Å². The Balaban J connectivity index is 1.15. The highest BCUT2D eigenvalue weighted by Gasteiger charge is 2.63. The summed E-state index contributed by atoms with van der Waals surface area (Å²) < 4.78 is 38.8. The van der Waals surface area contributed by atoms with E-state index in [1.807, 2.05) is 62.6 Å². The van der Waals surface area contributed by atoms with Crippen molar-refractivity contribution in [3.05, 3.63) is 46.8 Å². The quantitative estimate of drug-likeness (QED) is 0.330. The van der Waals surface area contributed by atoms with E-state index in [4.69, 9.17) is 9.47 Å². The standard InChI is InChI=1S/C40H52N6O9S2/c1-39(2,3)23-55-38(51)42-30-11-9-7-5-6-8-10-26-18-40(26,37(50)44-57(52,53)28-16-17-28)43-33(47)32-29-21-45(19-25(29)20-46(32)35(30)48)36(49)34-41-31(22-56-34)24-12-14-27(54-4)15-13-24/h8,10,12-15,22,25-26,28-30,32H,5-7,9,11,16-21,23H2,1-4H3,(H,42,51)(H,43,47)(H,44,50)/b10-8-/t25-,26-,29-,30-,32-,40+/m0/s1. The molecule has 4 fully saturated rings. The van der Waals surface area contributed by atoms with E-state index in [-0.39, 0.29) is 49.9 Å². The van der Waals surface area contributed by atoms with E-state index in [2.05, 4.69) is 20.3 Å². The topological polar surface area (TPSA) is 193 Å². The molecule has 1 aromatic carbocycles. The monoisotopic (exact) mass is 824 g/mol. The minimum Gasteiger partial charge on any atom is -0.497 e. The summed E-state index contributed by atoms with van der Waals surface area (Å²) in [5, 5.41) is 7.16. The zero-order chi connectivity index (χ0) is 40.7. The number of carbonyl (C=O) groups is 5. The molecule has 7 rings (SSSR count). The molecule has 0 bridgehead atoms. The van der Waals surface area contributed by atoms with Crippen molar-refractivity contribution < 1.29 is 41.9 Å². The highest BCUT2D eigenvalue weighted by molar-refractivity contribution is 7.91. The Morgan fingerprint density at radius 3 is 2.49 bits per heavy atom. The fourth-order valence-electron chi connectivity index (χ4n) is 8.10. The third kappa shape index (κ3) is 8.98. The number of benzene rings is 1. The van der Waals surface area contributed by atoms with Gasteiger partial charge in [0.15, 0.2) is 5.01 Å². The van der Waals surface area contributed by atoms with Gasteiger partial charge in [0.2, 0.25) is 21.8 Å². The molecule has 2 aromatic rings. The van der Waals surface area contributed by atoms with Gasteiger partial charge in [-0.25, -0.2) is 18.2 Å². The molecule has 0 radical (unpaired) electrons. The lowest BCUT2D eigenvalue weighted by Crippen LogP contribution is -2.60. The Morgan fingerprint density at radius 1 is 1.04 bits per heavy atom. The second-order valence-corrected chi connectivity index (χ2v) is 20.0. The van der Waals surface area contributed by atoms with Gasteiger partial charge < -0.3 is 29.9 Å². The summed E-state index contributed by atoms with van der Waals surface area (Å²) in [5.74, 6) is -2.70. The van der Waals surface area contributed by atoms with Gasteiger partial charge in [0.25, 0.3) is 11.8 Å². The first kappa shape index (κ1) is 40.7. The number of hydrogen-bond donors (Lipinski definition) is 3. The molecule has 57 heavy (non-hydrogen) atoms. The maximum absolute atomic E-state index is 14.7. The number of fused-ring (bicyclic) bond motifs is 4. The van der Waals surface area contributed by atoms with E-state index in [0.717, 1.165) is 18.4 Å². The Bertz CT molecular complexity index is 2030. The number of rotatable bonds is 8. The molecule has 5 amide bonds. The van der Waals surface area contributed by atoms with E-state index >= 15 is 0 Å². The lowest BCUT2D eigenvalue weighted by atomic mass is 9.93. The third-order valence-electron chi connectivity index (χ3n) is 11.5. The molecule has 0 unspecified atom stereocenters. The average Bonchev–Trinajstić information content (AvgIpc) is 3.99. The van der Waals surface area contributed by atoms with E-state index in [0.29, 0.717) is 48.6 Å². The number of methoxy groups -OCH3 is 1. The van der Waals surface area contributed by atoms with Crippen molar-refractivity contribution in [3.63, 3.8) is 0 Å². The number of amides is 5. The molecule has 2 saturated heterocycles. The molecular weight excluding hydrogens is 773 g/mol. The molecule has 0 spiro atoms. The number of aromatic nitrogens is 1. The third-order valence-corrected chi connectivity index (χ3v) is 14.1. The van der Waals surface area contributed by atoms with Crippen LogP contribution in [0.15, 0.2) is 41.8 Å². The van der Waals surface area contributed by atoms with Crippen LogP contribution in [0.1, 0.15) is 81.9 Å². The summed E-state index contributed by atoms with van der Waals surface area (Å²) in [7, 11) is -2.33. The first-order valence-electron chi connectivity index (χ1n) is 19.8. The number of hydrogen-bond acceptors (Lipinski definition) is 11. The zero-order valence-electron chi connectivity index (χ0n) is 32.8. The number of nitrogens with one attached hydrogen (secondary N) is 3. The van der Waals surface area contributed by atoms with Crippen molar-refractivity contribution in [3.8, 4) is 17.0 Å². The smallest absolute Gasteiger partial charge is 0.407 e. The van der Waals surface area contributed by atoms with Gasteiger partial charge in [-0.1, -0.05) is 45.8 Å². The SMILES string of the molecule is COc1ccc(-c2csc(C(=O)N3C[C@H]4CN5C(=O)[C@@H](NC(=O)OCC(C)(C)C)CCCCC/C=C\[C@H]6C[C@@]6(C(=O)NS(=O)(=O)C6CC6)NC(=O)[C@@H]5[C@H]4C3)n2)cc1. The number of thiazole rings is 1. The van der Waals surface area contributed by atoms with Gasteiger partial charge in [0.1, 0.15) is 23.4 Å². The van der Waals surface area contributed by atoms with Crippen LogP contribution in [0.25, 0.3) is 11.3 Å². The number of carbonyl (C=O) groups excluding carboxylic acids is 5. The van der Waals surface area contributed by atoms with E-state index in [9.17, 15) is 32.4 Å². The number of ether oxygens (including phenoxy) is 2. The molecule has 17 heteroatoms. The zero-order valence-corrected chi connectivity index (χ0v) is 34.5. The Hall–Kier alpha value is -4.51. The molecule has 4 heterocycles. The molecule has 15 nitrogen and oxygen atoms in total. The predicted octanol–water partition coefficient (Wildman–Crippen LogP) is 3.86. The first-order chi connectivity index (χ1) is 27.1. The number of nitrogens with zero attached hydrogens (tertiary/aromatic N) is 3. The van der Waals surface area contributed by atoms with Gasteiger partial charge in [-0.05, 0) is 68.2 Å². The predicted molar refractivity (Wildman–Crippen MR) is 212 cm³/mol. The van der Waals surface area contributed by atoms with Gasteiger partial charge in [-0.3, -0.25) is 23.9 Å². The summed E-state index contributed by atoms with van der Waals surface area (Å²) in [6.45, 7) is 6.46. The minimum atomic E-state index is -3.91. The van der Waals surface area contributed by atoms with Crippen molar-refractivity contribution in [2.24, 2.45) is 23.2 Å². The Kier molecular flexibility index (Phi) is 11.4. The van der Waals surface area contributed by atoms with Crippen molar-refractivity contribution >= 4 is 51.1 Å². The summed E-state index contributed by atoms with van der Waals surface area (Å²) in [5.41, 5.74) is -0.355. The van der Waals surface area contributed by atoms with E-state index < -0.39 is 68.5 Å². The number of likely N-dealkylation sites (tertiary alicyclic amines) is 1. The van der Waals surface area contributed by atoms with Crippen molar-refractivity contribution in [1.82, 2.24) is 30.1 Å². The molecule has 3 N–H and O–H groups in total. The maximum atomic E-state index is 14.7. The molecule has 308 valence electrons. The van der Waals surface area contributed by atoms with E-state index in [1.54, 1.807) is 12.0 Å². The highest BCUT2D eigenvalue weighted by Crippen LogP contribution is 2.47. The molecule has 6 atom stereocenters. The highest BCUT2D eigenvalue weighted by atomic mass is 32.2. The minimum absolute atomic E-state index is 0.133. The van der Waals surface area contributed by atoms with Crippen LogP contribution in [0.2, 0.25) is 0 Å². The fraction of sp³-hybridized carbons (Fsp3) is 0.600. The normalized spacial score (nSPS) is 28.5. The maximum Gasteiger partial charge on any atom is 0.407 e. The first-order valence-corrected chi connectivity index (χ1v) is 22.2. The average molecular weight is 825 g/mol. The number of sulfonamides is 1. The van der Waals surface area contributed by atoms with Crippen LogP contribution in [-0.2, 0) is 29.1 Å². The summed E-state index contributed by atoms with van der Waals surface area (Å²) in [6, 6.07) is 5.27. The molecule has 3 aliphatic heterocycles. The van der Waals surface area contributed by atoms with Crippen LogP contribution in [0.5, 0.6) is 5.75 Å². The van der Waals surface area contributed by atoms with E-state index in [1.165, 1.54) is 16.2 Å². The summed E-state index contributed by atoms with van der Waals surface area (Å²) in [6.07, 6.45) is 7.41. The van der Waals surface area contributed by atoms with Crippen LogP contribution in [0, 0.1) is 23.2 Å². The second-order valence-electron chi connectivity index (χ2n) is 17.2. The van der Waals surface area contributed by atoms with Crippen LogP contribution in [0.3, 0.4) is 0 Å². The van der Waals surface area contributed by atoms with Gasteiger partial charge in [0.05, 0.1) is 24.7 Å². The lowest BCUT2D eigenvalue weighted by Gasteiger charge is -2.33. The number of allylic oxidation sites excluding steroid dienone is 1. The summed E-state index contributed by atoms with van der Waals surface area (Å²) >= 11 is 1.22. The summed E-state index contributed by atoms with van der Waals surface area (Å²) in [4.78, 5) is 77.8. The molecule has 2 aliphatic carbocycles. The fourth-order valence-corrected chi connectivity index (χ4v) is 10.3. The van der Waals surface area contributed by atoms with Crippen LogP contribution < -0.4 is 20.1 Å². The van der Waals surface area contributed by atoms with Crippen LogP contribution in [0.4, 0.5) is 4.79 Å². The molecule has 2 saturated carbocycles. The number of alkyl carbamates (subject to hydrolysis) is 1.